The van der Waals surface area contributed by atoms with Gasteiger partial charge in [0.1, 0.15) is 5.78 Å². The summed E-state index contributed by atoms with van der Waals surface area (Å²) in [4.78, 5) is 2.13. The number of likely N-dealkylation sites (tertiary alicyclic amines) is 1. The molecular weight excluding hydrogens is 207 g/mol. The second-order valence-electron chi connectivity index (χ2n) is 3.80. The van der Waals surface area contributed by atoms with Gasteiger partial charge in [0.25, 0.3) is 0 Å². The van der Waals surface area contributed by atoms with Crippen molar-refractivity contribution >= 4 is 8.46 Å². The summed E-state index contributed by atoms with van der Waals surface area (Å²) in [5, 5.41) is 3.21. The number of hydrogen-bond acceptors (Lipinski definition) is 3. The van der Waals surface area contributed by atoms with Gasteiger partial charge in [-0.3, -0.25) is 4.57 Å². The Balaban J connectivity index is 2.39. The first kappa shape index (κ1) is 12.3. The van der Waals surface area contributed by atoms with E-state index in [1.54, 1.807) is 0 Å². The smallest absolute Gasteiger partial charge is 0.180 e. The Morgan fingerprint density at radius 3 is 2.93 bits per heavy atom. The van der Waals surface area contributed by atoms with Crippen LogP contribution in [0.5, 0.6) is 0 Å². The van der Waals surface area contributed by atoms with Crippen LogP contribution in [0.15, 0.2) is 24.6 Å². The van der Waals surface area contributed by atoms with Crippen LogP contribution in [0.1, 0.15) is 26.2 Å². The third kappa shape index (κ3) is 3.35. The Hall–Kier alpha value is -0.820. The maximum Gasteiger partial charge on any atom is 0.180 e. The molecule has 1 aliphatic heterocycles. The van der Waals surface area contributed by atoms with Gasteiger partial charge in [0.15, 0.2) is 8.46 Å². The zero-order chi connectivity index (χ0) is 11.3. The lowest BCUT2D eigenvalue weighted by atomic mass is 10.3. The third-order valence-electron chi connectivity index (χ3n) is 2.72. The summed E-state index contributed by atoms with van der Waals surface area (Å²) >= 11 is 0. The molecule has 0 amide bonds. The second kappa shape index (κ2) is 5.92. The monoisotopic (exact) mass is 226 g/mol. The average Bonchev–Trinajstić information content (AvgIpc) is 2.73. The van der Waals surface area contributed by atoms with Crippen molar-refractivity contribution in [2.24, 2.45) is 0 Å². The van der Waals surface area contributed by atoms with Gasteiger partial charge in [0, 0.05) is 17.9 Å². The fraction of sp³-hybridized carbons (Fsp3) is 0.636. The second-order valence-corrected chi connectivity index (χ2v) is 4.61. The molecule has 0 unspecified atom stereocenters. The minimum Gasteiger partial charge on any atom is -0.383 e. The van der Waals surface area contributed by atoms with Crippen molar-refractivity contribution in [1.29, 1.82) is 0 Å². The molecule has 3 nitrogen and oxygen atoms in total. The van der Waals surface area contributed by atoms with Crippen LogP contribution in [0, 0.1) is 0 Å². The molecule has 1 N–H and O–H groups in total. The molecule has 1 fully saturated rings. The van der Waals surface area contributed by atoms with Crippen LogP contribution in [0.4, 0.5) is 0 Å². The maximum atomic E-state index is 10.9. The van der Waals surface area contributed by atoms with Crippen molar-refractivity contribution in [3.05, 3.63) is 24.6 Å². The lowest BCUT2D eigenvalue weighted by Gasteiger charge is -2.25. The number of allylic oxidation sites excluding steroid dienone is 1. The lowest BCUT2D eigenvalue weighted by Crippen LogP contribution is -2.30. The molecule has 0 aromatic heterocycles. The predicted octanol–water partition coefficient (Wildman–Crippen LogP) is 2.73. The van der Waals surface area contributed by atoms with Gasteiger partial charge in [0.05, 0.1) is 6.54 Å². The molecule has 84 valence electrons. The Bertz CT molecular complexity index is 265. The minimum atomic E-state index is 0.134. The van der Waals surface area contributed by atoms with E-state index < -0.39 is 0 Å². The van der Waals surface area contributed by atoms with Gasteiger partial charge in [-0.2, -0.15) is 0 Å². The van der Waals surface area contributed by atoms with Crippen LogP contribution in [-0.4, -0.2) is 23.8 Å². The molecule has 0 aromatic carbocycles. The quantitative estimate of drug-likeness (QED) is 0.707. The van der Waals surface area contributed by atoms with Crippen LogP contribution >= 0.6 is 8.46 Å². The third-order valence-corrected chi connectivity index (χ3v) is 3.50. The van der Waals surface area contributed by atoms with E-state index in [-0.39, 0.29) is 14.2 Å². The van der Waals surface area contributed by atoms with E-state index >= 15 is 0 Å². The summed E-state index contributed by atoms with van der Waals surface area (Å²) in [7, 11) is 0.211. The summed E-state index contributed by atoms with van der Waals surface area (Å²) in [5.74, 6) is 0.134. The molecule has 1 heterocycles. The maximum absolute atomic E-state index is 10.9. The van der Waals surface area contributed by atoms with Crippen molar-refractivity contribution in [3.63, 3.8) is 0 Å². The SMILES string of the molecule is C=C(CC)NCC(=C)N1CCC[C@H]1P=O. The van der Waals surface area contributed by atoms with E-state index in [1.807, 2.05) is 0 Å². The Kier molecular flexibility index (Phi) is 4.83. The highest BCUT2D eigenvalue weighted by Gasteiger charge is 2.25. The van der Waals surface area contributed by atoms with Gasteiger partial charge < -0.3 is 10.2 Å². The summed E-state index contributed by atoms with van der Waals surface area (Å²) in [6.07, 6.45) is 3.03. The van der Waals surface area contributed by atoms with Crippen LogP contribution in [-0.2, 0) is 4.57 Å². The van der Waals surface area contributed by atoms with Gasteiger partial charge in [-0.1, -0.05) is 20.1 Å². The van der Waals surface area contributed by atoms with E-state index in [9.17, 15) is 4.57 Å². The summed E-state index contributed by atoms with van der Waals surface area (Å²) < 4.78 is 10.9. The van der Waals surface area contributed by atoms with E-state index in [1.165, 1.54) is 0 Å². The molecule has 0 saturated carbocycles. The first-order valence-electron chi connectivity index (χ1n) is 5.37. The minimum absolute atomic E-state index is 0.134. The molecule has 4 heteroatoms. The Labute approximate surface area is 93.4 Å². The fourth-order valence-corrected chi connectivity index (χ4v) is 2.36. The molecule has 0 spiro atoms. The van der Waals surface area contributed by atoms with Gasteiger partial charge in [-0.05, 0) is 19.3 Å². The summed E-state index contributed by atoms with van der Waals surface area (Å²) in [6, 6.07) is 0. The highest BCUT2D eigenvalue weighted by Crippen LogP contribution is 2.28. The number of hydrogen-bond donors (Lipinski definition) is 1. The van der Waals surface area contributed by atoms with Crippen LogP contribution in [0.2, 0.25) is 0 Å². The normalized spacial score (nSPS) is 20.6. The van der Waals surface area contributed by atoms with Crippen LogP contribution in [0.25, 0.3) is 0 Å². The molecule has 1 saturated heterocycles. The highest BCUT2D eigenvalue weighted by atomic mass is 31.1. The molecule has 0 aliphatic carbocycles. The molecule has 0 bridgehead atoms. The van der Waals surface area contributed by atoms with Crippen molar-refractivity contribution in [2.45, 2.75) is 32.0 Å². The molecule has 0 radical (unpaired) electrons. The van der Waals surface area contributed by atoms with E-state index in [0.717, 1.165) is 37.2 Å². The zero-order valence-electron chi connectivity index (χ0n) is 9.33. The number of rotatable bonds is 6. The van der Waals surface area contributed by atoms with Crippen molar-refractivity contribution in [3.8, 4) is 0 Å². The zero-order valence-corrected chi connectivity index (χ0v) is 10.2. The van der Waals surface area contributed by atoms with Crippen LogP contribution < -0.4 is 5.32 Å². The molecule has 15 heavy (non-hydrogen) atoms. The van der Waals surface area contributed by atoms with Gasteiger partial charge in [-0.25, -0.2) is 0 Å². The molecular formula is C11H19N2OP. The number of nitrogens with zero attached hydrogens (tertiary/aromatic N) is 1. The van der Waals surface area contributed by atoms with E-state index in [0.29, 0.717) is 6.54 Å². The van der Waals surface area contributed by atoms with Crippen molar-refractivity contribution < 1.29 is 4.57 Å². The first-order valence-corrected chi connectivity index (χ1v) is 6.25. The standard InChI is InChI=1S/C11H19N2OP/c1-4-9(2)12-8-10(3)13-7-5-6-11(13)15-14/h11-12H,2-8H2,1H3/t11-/m1/s1. The number of nitrogens with one attached hydrogen (secondary N) is 1. The average molecular weight is 226 g/mol. The molecule has 0 aromatic rings. The Morgan fingerprint density at radius 1 is 1.60 bits per heavy atom. The van der Waals surface area contributed by atoms with E-state index in [4.69, 9.17) is 0 Å². The summed E-state index contributed by atoms with van der Waals surface area (Å²) in [5.41, 5.74) is 2.03. The fourth-order valence-electron chi connectivity index (χ4n) is 1.68. The summed E-state index contributed by atoms with van der Waals surface area (Å²) in [6.45, 7) is 11.6. The van der Waals surface area contributed by atoms with Crippen molar-refractivity contribution in [1.82, 2.24) is 10.2 Å². The largest absolute Gasteiger partial charge is 0.383 e. The molecule has 1 rings (SSSR count). The predicted molar refractivity (Wildman–Crippen MR) is 63.9 cm³/mol. The van der Waals surface area contributed by atoms with Crippen molar-refractivity contribution in [2.75, 3.05) is 13.1 Å². The first-order chi connectivity index (χ1) is 7.19. The Morgan fingerprint density at radius 2 is 2.33 bits per heavy atom. The molecule has 1 atom stereocenters. The van der Waals surface area contributed by atoms with Gasteiger partial charge in [0.2, 0.25) is 0 Å². The highest BCUT2D eigenvalue weighted by molar-refractivity contribution is 7.24. The van der Waals surface area contributed by atoms with Gasteiger partial charge >= 0.3 is 0 Å². The topological polar surface area (TPSA) is 32.3 Å². The lowest BCUT2D eigenvalue weighted by molar-refractivity contribution is 0.381. The van der Waals surface area contributed by atoms with Gasteiger partial charge in [-0.15, -0.1) is 0 Å². The van der Waals surface area contributed by atoms with E-state index in [2.05, 4.69) is 30.3 Å². The molecule has 1 aliphatic rings. The van der Waals surface area contributed by atoms with Crippen LogP contribution in [0.3, 0.4) is 0 Å².